The predicted molar refractivity (Wildman–Crippen MR) is 74.5 cm³/mol. The molecule has 2 rings (SSSR count). The van der Waals surface area contributed by atoms with Gasteiger partial charge in [0, 0.05) is 12.5 Å². The van der Waals surface area contributed by atoms with E-state index in [1.807, 2.05) is 30.3 Å². The van der Waals surface area contributed by atoms with Crippen molar-refractivity contribution in [1.29, 1.82) is 0 Å². The van der Waals surface area contributed by atoms with Gasteiger partial charge in [-0.25, -0.2) is 0 Å². The van der Waals surface area contributed by atoms with Crippen molar-refractivity contribution in [2.45, 2.75) is 25.8 Å². The highest BCUT2D eigenvalue weighted by atomic mass is 32.1. The van der Waals surface area contributed by atoms with Crippen molar-refractivity contribution in [1.82, 2.24) is 16.2 Å². The van der Waals surface area contributed by atoms with Gasteiger partial charge >= 0.3 is 0 Å². The van der Waals surface area contributed by atoms with Crippen LogP contribution in [0, 0.1) is 5.92 Å². The summed E-state index contributed by atoms with van der Waals surface area (Å²) in [4.78, 5) is 11.5. The highest BCUT2D eigenvalue weighted by Gasteiger charge is 2.24. The fourth-order valence-corrected chi connectivity index (χ4v) is 1.84. The maximum absolute atomic E-state index is 11.5. The van der Waals surface area contributed by atoms with Crippen molar-refractivity contribution in [3.05, 3.63) is 35.9 Å². The maximum atomic E-state index is 11.5. The van der Waals surface area contributed by atoms with E-state index in [1.165, 1.54) is 0 Å². The van der Waals surface area contributed by atoms with Crippen LogP contribution in [0.5, 0.6) is 0 Å². The van der Waals surface area contributed by atoms with Crippen molar-refractivity contribution >= 4 is 23.2 Å². The third kappa shape index (κ3) is 3.70. The van der Waals surface area contributed by atoms with Gasteiger partial charge in [-0.2, -0.15) is 0 Å². The van der Waals surface area contributed by atoms with Crippen LogP contribution in [-0.2, 0) is 11.3 Å². The Morgan fingerprint density at radius 1 is 1.22 bits per heavy atom. The fourth-order valence-electron chi connectivity index (χ4n) is 1.71. The third-order valence-corrected chi connectivity index (χ3v) is 3.32. The monoisotopic (exact) mass is 263 g/mol. The molecule has 3 N–H and O–H groups in total. The first kappa shape index (κ1) is 12.8. The van der Waals surface area contributed by atoms with Crippen LogP contribution in [0.3, 0.4) is 0 Å². The normalized spacial score (nSPS) is 14.4. The van der Waals surface area contributed by atoms with Gasteiger partial charge in [0.05, 0.1) is 0 Å². The van der Waals surface area contributed by atoms with Gasteiger partial charge in [0.25, 0.3) is 0 Å². The van der Waals surface area contributed by atoms with Crippen LogP contribution in [0.1, 0.15) is 24.8 Å². The molecule has 1 amide bonds. The summed E-state index contributed by atoms with van der Waals surface area (Å²) >= 11 is 5.08. The molecule has 4 nitrogen and oxygen atoms in total. The molecule has 0 atom stereocenters. The number of carbonyl (C=O) groups is 1. The molecule has 1 aromatic carbocycles. The van der Waals surface area contributed by atoms with Gasteiger partial charge in [-0.05, 0) is 30.6 Å². The van der Waals surface area contributed by atoms with Crippen LogP contribution in [0.4, 0.5) is 0 Å². The van der Waals surface area contributed by atoms with Crippen molar-refractivity contribution in [3.63, 3.8) is 0 Å². The molecule has 96 valence electrons. The van der Waals surface area contributed by atoms with Crippen LogP contribution >= 0.6 is 12.2 Å². The average Bonchev–Trinajstić information content (AvgIpc) is 2.33. The standard InChI is InChI=1S/C13H17N3OS/c17-12(11-7-4-8-11)15-16-13(18)14-9-10-5-2-1-3-6-10/h1-3,5-6,11H,4,7-9H2,(H,15,17)(H2,14,16,18). The van der Waals surface area contributed by atoms with Gasteiger partial charge in [0.1, 0.15) is 0 Å². The second-order valence-corrected chi connectivity index (χ2v) is 4.82. The summed E-state index contributed by atoms with van der Waals surface area (Å²) < 4.78 is 0. The Bertz CT molecular complexity index is 418. The third-order valence-electron chi connectivity index (χ3n) is 3.07. The van der Waals surface area contributed by atoms with E-state index in [-0.39, 0.29) is 11.8 Å². The smallest absolute Gasteiger partial charge is 0.241 e. The molecule has 1 aromatic rings. The molecular formula is C13H17N3OS. The first-order valence-electron chi connectivity index (χ1n) is 6.13. The molecule has 0 spiro atoms. The molecule has 0 saturated heterocycles. The minimum Gasteiger partial charge on any atom is -0.357 e. The quantitative estimate of drug-likeness (QED) is 0.571. The molecule has 18 heavy (non-hydrogen) atoms. The van der Waals surface area contributed by atoms with Gasteiger partial charge in [0.2, 0.25) is 5.91 Å². The molecule has 1 aliphatic carbocycles. The lowest BCUT2D eigenvalue weighted by Crippen LogP contribution is -2.49. The largest absolute Gasteiger partial charge is 0.357 e. The molecular weight excluding hydrogens is 246 g/mol. The van der Waals surface area contributed by atoms with Gasteiger partial charge in [-0.1, -0.05) is 36.8 Å². The Labute approximate surface area is 112 Å². The zero-order chi connectivity index (χ0) is 12.8. The van der Waals surface area contributed by atoms with E-state index in [0.717, 1.165) is 24.8 Å². The molecule has 5 heteroatoms. The zero-order valence-electron chi connectivity index (χ0n) is 10.1. The molecule has 0 aromatic heterocycles. The Morgan fingerprint density at radius 2 is 1.94 bits per heavy atom. The van der Waals surface area contributed by atoms with Gasteiger partial charge in [-0.15, -0.1) is 0 Å². The lowest BCUT2D eigenvalue weighted by atomic mass is 9.85. The van der Waals surface area contributed by atoms with Crippen molar-refractivity contribution in [2.75, 3.05) is 0 Å². The molecule has 0 aliphatic heterocycles. The number of amides is 1. The summed E-state index contributed by atoms with van der Waals surface area (Å²) in [6.07, 6.45) is 3.12. The zero-order valence-corrected chi connectivity index (χ0v) is 10.9. The topological polar surface area (TPSA) is 53.2 Å². The fraction of sp³-hybridized carbons (Fsp3) is 0.385. The first-order chi connectivity index (χ1) is 8.75. The van der Waals surface area contributed by atoms with Crippen LogP contribution in [0.25, 0.3) is 0 Å². The highest BCUT2D eigenvalue weighted by molar-refractivity contribution is 7.80. The summed E-state index contributed by atoms with van der Waals surface area (Å²) in [6.45, 7) is 0.645. The lowest BCUT2D eigenvalue weighted by Gasteiger charge is -2.24. The summed E-state index contributed by atoms with van der Waals surface area (Å²) in [5.74, 6) is 0.194. The summed E-state index contributed by atoms with van der Waals surface area (Å²) in [5, 5.41) is 3.47. The molecule has 0 heterocycles. The van der Waals surface area contributed by atoms with E-state index in [4.69, 9.17) is 12.2 Å². The molecule has 1 fully saturated rings. The molecule has 1 saturated carbocycles. The minimum absolute atomic E-state index is 0.0325. The van der Waals surface area contributed by atoms with Crippen molar-refractivity contribution in [2.24, 2.45) is 5.92 Å². The Balaban J connectivity index is 1.64. The SMILES string of the molecule is O=C(NNC(=S)NCc1ccccc1)C1CCC1. The Kier molecular flexibility index (Phi) is 4.52. The molecule has 0 bridgehead atoms. The van der Waals surface area contributed by atoms with Crippen molar-refractivity contribution < 1.29 is 4.79 Å². The van der Waals surface area contributed by atoms with Gasteiger partial charge < -0.3 is 5.32 Å². The van der Waals surface area contributed by atoms with Crippen molar-refractivity contribution in [3.8, 4) is 0 Å². The van der Waals surface area contributed by atoms with E-state index in [2.05, 4.69) is 16.2 Å². The van der Waals surface area contributed by atoms with Gasteiger partial charge in [-0.3, -0.25) is 15.6 Å². The van der Waals surface area contributed by atoms with E-state index in [0.29, 0.717) is 11.7 Å². The number of carbonyl (C=O) groups excluding carboxylic acids is 1. The number of hydrogen-bond acceptors (Lipinski definition) is 2. The summed E-state index contributed by atoms with van der Waals surface area (Å²) in [5.41, 5.74) is 6.50. The number of hydrazine groups is 1. The number of benzene rings is 1. The number of rotatable bonds is 3. The molecule has 0 unspecified atom stereocenters. The average molecular weight is 263 g/mol. The molecule has 1 aliphatic rings. The minimum atomic E-state index is 0.0325. The van der Waals surface area contributed by atoms with Crippen LogP contribution in [0.2, 0.25) is 0 Å². The number of thiocarbonyl (C=S) groups is 1. The number of nitrogens with one attached hydrogen (secondary N) is 3. The Hall–Kier alpha value is -1.62. The second kappa shape index (κ2) is 6.35. The van der Waals surface area contributed by atoms with Crippen LogP contribution < -0.4 is 16.2 Å². The van der Waals surface area contributed by atoms with E-state index >= 15 is 0 Å². The summed E-state index contributed by atoms with van der Waals surface area (Å²) in [6, 6.07) is 9.96. The lowest BCUT2D eigenvalue weighted by molar-refractivity contribution is -0.127. The maximum Gasteiger partial charge on any atom is 0.241 e. The number of hydrogen-bond donors (Lipinski definition) is 3. The predicted octanol–water partition coefficient (Wildman–Crippen LogP) is 1.48. The first-order valence-corrected chi connectivity index (χ1v) is 6.54. The van der Waals surface area contributed by atoms with Crippen LogP contribution in [0.15, 0.2) is 30.3 Å². The summed E-state index contributed by atoms with van der Waals surface area (Å²) in [7, 11) is 0. The van der Waals surface area contributed by atoms with Crippen LogP contribution in [-0.4, -0.2) is 11.0 Å². The Morgan fingerprint density at radius 3 is 2.56 bits per heavy atom. The van der Waals surface area contributed by atoms with Gasteiger partial charge in [0.15, 0.2) is 5.11 Å². The van der Waals surface area contributed by atoms with E-state index < -0.39 is 0 Å². The molecule has 0 radical (unpaired) electrons. The van der Waals surface area contributed by atoms with E-state index in [9.17, 15) is 4.79 Å². The highest BCUT2D eigenvalue weighted by Crippen LogP contribution is 2.25. The second-order valence-electron chi connectivity index (χ2n) is 4.41. The van der Waals surface area contributed by atoms with E-state index in [1.54, 1.807) is 0 Å².